The molecule has 12 rings (SSSR count). The first-order valence-corrected chi connectivity index (χ1v) is 31.5. The summed E-state index contributed by atoms with van der Waals surface area (Å²) in [4.78, 5) is 112. The Morgan fingerprint density at radius 2 is 0.781 bits per heavy atom. The lowest BCUT2D eigenvalue weighted by atomic mass is 9.80. The smallest absolute Gasteiger partial charge is 0.254 e. The van der Waals surface area contributed by atoms with Crippen molar-refractivity contribution in [2.75, 3.05) is 31.9 Å². The highest BCUT2D eigenvalue weighted by atomic mass is 19.1. The van der Waals surface area contributed by atoms with Gasteiger partial charge in [0.25, 0.3) is 50.3 Å². The fourth-order valence-electron chi connectivity index (χ4n) is 12.4. The number of carbonyl (C=O) groups excluding carboxylic acids is 3. The summed E-state index contributed by atoms with van der Waals surface area (Å²) in [5, 5.41) is 25.9. The number of benzene rings is 3. The van der Waals surface area contributed by atoms with Gasteiger partial charge in [-0.15, -0.1) is 0 Å². The predicted molar refractivity (Wildman–Crippen MR) is 363 cm³/mol. The van der Waals surface area contributed by atoms with Gasteiger partial charge in [0.15, 0.2) is 0 Å². The third-order valence-electron chi connectivity index (χ3n) is 18.3. The SMILES string of the molecule is CCC(C)(C)[C@@H](Nc1c(Nc2c(F)ccc3c2C(=O)N[C@H]3C)c(=O)c1=O)c1ccc(C)o1.Cc1cc([C@H](Nc2c(Nc3c(F)cc(C)c4c3C(=O)N[C@H]4C)c(=O)c2=O)C(C)(C)C)oc1C.Cc1ccc([C@H](Nc2c(Nc3c(F)ccc4c3C(=O)N[C@H]4C)c(=O)c2=O)C(C)(C)C)o1. The molecule has 504 valence electrons. The first-order chi connectivity index (χ1) is 44.8. The average Bonchev–Trinajstić information content (AvgIpc) is 1.27. The summed E-state index contributed by atoms with van der Waals surface area (Å²) in [6, 6.07) is 14.0. The predicted octanol–water partition coefficient (Wildman–Crippen LogP) is 13.2. The van der Waals surface area contributed by atoms with E-state index in [9.17, 15) is 56.3 Å². The molecule has 21 nitrogen and oxygen atoms in total. The number of rotatable bonds is 17. The summed E-state index contributed by atoms with van der Waals surface area (Å²) in [5.41, 5.74) is -1.87. The molecule has 3 amide bonds. The molecular weight excluding hydrogens is 1240 g/mol. The second-order valence-electron chi connectivity index (χ2n) is 27.9. The summed E-state index contributed by atoms with van der Waals surface area (Å²) >= 11 is 0. The molecule has 0 fully saturated rings. The normalized spacial score (nSPS) is 16.7. The Balaban J connectivity index is 0.000000157. The quantitative estimate of drug-likeness (QED) is 0.0383. The molecule has 0 aliphatic carbocycles. The molecule has 24 heteroatoms. The van der Waals surface area contributed by atoms with Gasteiger partial charge >= 0.3 is 0 Å². The van der Waals surface area contributed by atoms with Crippen molar-refractivity contribution in [2.45, 2.75) is 160 Å². The number of hydrogen-bond donors (Lipinski definition) is 9. The number of aryl methyl sites for hydroxylation is 5. The summed E-state index contributed by atoms with van der Waals surface area (Å²) in [6.45, 7) is 32.5. The molecule has 0 radical (unpaired) electrons. The molecule has 0 bridgehead atoms. The average molecular weight is 1320 g/mol. The monoisotopic (exact) mass is 1320 g/mol. The highest BCUT2D eigenvalue weighted by molar-refractivity contribution is 6.07. The number of amides is 3. The molecular formula is C72H78F3N9O12. The van der Waals surface area contributed by atoms with Gasteiger partial charge in [0.1, 0.15) is 86.1 Å². The second-order valence-corrected chi connectivity index (χ2v) is 27.9. The summed E-state index contributed by atoms with van der Waals surface area (Å²) in [6.07, 6.45) is 0.765. The molecule has 6 aromatic carbocycles. The van der Waals surface area contributed by atoms with Crippen molar-refractivity contribution >= 4 is 68.9 Å². The first kappa shape index (κ1) is 68.6. The van der Waals surface area contributed by atoms with Crippen LogP contribution in [0.5, 0.6) is 0 Å². The van der Waals surface area contributed by atoms with Crippen molar-refractivity contribution in [3.05, 3.63) is 219 Å². The number of nitrogens with one attached hydrogen (secondary N) is 9. The van der Waals surface area contributed by atoms with Crippen LogP contribution < -0.4 is 80.4 Å². The van der Waals surface area contributed by atoms with Crippen molar-refractivity contribution in [1.82, 2.24) is 16.0 Å². The van der Waals surface area contributed by atoms with Crippen LogP contribution in [0.25, 0.3) is 0 Å². The van der Waals surface area contributed by atoms with Crippen molar-refractivity contribution in [1.29, 1.82) is 0 Å². The van der Waals surface area contributed by atoms with Crippen molar-refractivity contribution in [3.8, 4) is 0 Å². The van der Waals surface area contributed by atoms with Gasteiger partial charge in [-0.2, -0.15) is 0 Å². The van der Waals surface area contributed by atoms with Gasteiger partial charge in [-0.25, -0.2) is 13.2 Å². The lowest BCUT2D eigenvalue weighted by Gasteiger charge is -2.34. The van der Waals surface area contributed by atoms with Crippen molar-refractivity contribution < 1.29 is 40.8 Å². The van der Waals surface area contributed by atoms with Crippen LogP contribution in [0.15, 0.2) is 103 Å². The van der Waals surface area contributed by atoms with Crippen LogP contribution in [0.2, 0.25) is 0 Å². The molecule has 0 saturated carbocycles. The fourth-order valence-corrected chi connectivity index (χ4v) is 12.4. The first-order valence-electron chi connectivity index (χ1n) is 31.5. The number of halogens is 3. The summed E-state index contributed by atoms with van der Waals surface area (Å²) in [5.74, 6) is 0.765. The number of carbonyl (C=O) groups is 3. The van der Waals surface area contributed by atoms with E-state index in [2.05, 4.69) is 47.9 Å². The molecule has 3 aliphatic heterocycles. The Morgan fingerprint density at radius 1 is 0.417 bits per heavy atom. The zero-order valence-corrected chi connectivity index (χ0v) is 56.5. The van der Waals surface area contributed by atoms with Crippen molar-refractivity contribution in [3.63, 3.8) is 0 Å². The summed E-state index contributed by atoms with van der Waals surface area (Å²) in [7, 11) is 0. The van der Waals surface area contributed by atoms with Gasteiger partial charge in [0, 0.05) is 0 Å². The maximum Gasteiger partial charge on any atom is 0.254 e. The molecule has 9 aromatic rings. The van der Waals surface area contributed by atoms with E-state index in [1.165, 1.54) is 24.3 Å². The minimum Gasteiger partial charge on any atom is -0.464 e. The molecule has 6 atom stereocenters. The Hall–Kier alpha value is -10.3. The lowest BCUT2D eigenvalue weighted by Crippen LogP contribution is -2.40. The molecule has 0 unspecified atom stereocenters. The van der Waals surface area contributed by atoms with Gasteiger partial charge in [-0.3, -0.25) is 43.2 Å². The third-order valence-corrected chi connectivity index (χ3v) is 18.3. The fraction of sp³-hybridized carbons (Fsp3) is 0.375. The van der Waals surface area contributed by atoms with Gasteiger partial charge in [-0.05, 0) is 154 Å². The highest BCUT2D eigenvalue weighted by Gasteiger charge is 2.41. The molecule has 3 aromatic heterocycles. The van der Waals surface area contributed by atoms with E-state index in [0.29, 0.717) is 39.5 Å². The number of furan rings is 3. The Morgan fingerprint density at radius 3 is 1.16 bits per heavy atom. The van der Waals surface area contributed by atoms with Crippen LogP contribution in [-0.4, -0.2) is 17.7 Å². The van der Waals surface area contributed by atoms with Gasteiger partial charge in [-0.1, -0.05) is 74.4 Å². The molecule has 6 heterocycles. The van der Waals surface area contributed by atoms with E-state index in [4.69, 9.17) is 13.3 Å². The Labute approximate surface area is 550 Å². The minimum absolute atomic E-state index is 0.0439. The van der Waals surface area contributed by atoms with Crippen molar-refractivity contribution in [2.24, 2.45) is 16.2 Å². The van der Waals surface area contributed by atoms with Crippen LogP contribution in [0.3, 0.4) is 0 Å². The van der Waals surface area contributed by atoms with E-state index in [-0.39, 0.29) is 102 Å². The highest BCUT2D eigenvalue weighted by Crippen LogP contribution is 2.45. The number of fused-ring (bicyclic) bond motifs is 3. The van der Waals surface area contributed by atoms with Gasteiger partial charge in [0.05, 0.1) is 70.0 Å². The second kappa shape index (κ2) is 25.1. The lowest BCUT2D eigenvalue weighted by molar-refractivity contribution is 0.0950. The van der Waals surface area contributed by atoms with E-state index >= 15 is 0 Å². The standard InChI is InChI=1S/C25H28FN3O4.C24H26FN3O4.C23H24FN3O4/c1-10-9-15(33-13(10)4)23(25(5,6)7)29-20-19(21(30)22(20)31)28-18-14(26)8-11(2)16-12(3)27-24(32)17(16)18;1-6-24(4,5)22(15-10-7-11(2)32-15)28-19-18(20(29)21(19)30)27-17-14(25)9-8-13-12(3)26-23(31)16(13)17;1-10-6-9-14(31-10)21(23(3,4)5)27-18-17(19(28)20(18)29)26-16-13(24)8-7-12-11(2)25-22(30)15(12)16/h8-9,12,23,28-29H,1-7H3,(H,27,32);7-10,12,22,27-28H,6H2,1-5H3,(H,26,31);6-9,11,21,26-27H,1-5H3,(H,25,30)/t12-,23-;12-,22-;11-,21-/m000/s1. The van der Waals surface area contributed by atoms with E-state index in [0.717, 1.165) is 29.3 Å². The van der Waals surface area contributed by atoms with Gasteiger partial charge < -0.3 is 61.1 Å². The van der Waals surface area contributed by atoms with Crippen LogP contribution in [0.4, 0.5) is 64.4 Å². The maximum atomic E-state index is 14.9. The molecule has 0 saturated heterocycles. The summed E-state index contributed by atoms with van der Waals surface area (Å²) < 4.78 is 61.7. The van der Waals surface area contributed by atoms with E-state index < -0.39 is 85.9 Å². The molecule has 3 aliphatic rings. The maximum absolute atomic E-state index is 14.9. The Kier molecular flexibility index (Phi) is 18.0. The van der Waals surface area contributed by atoms with E-state index in [1.54, 1.807) is 26.8 Å². The van der Waals surface area contributed by atoms with Crippen LogP contribution in [0.1, 0.15) is 219 Å². The van der Waals surface area contributed by atoms with Crippen LogP contribution in [0, 0.1) is 68.3 Å². The largest absolute Gasteiger partial charge is 0.464 e. The zero-order valence-electron chi connectivity index (χ0n) is 56.5. The molecule has 9 N–H and O–H groups in total. The molecule has 0 spiro atoms. The van der Waals surface area contributed by atoms with Gasteiger partial charge in [0.2, 0.25) is 0 Å². The van der Waals surface area contributed by atoms with Crippen LogP contribution in [-0.2, 0) is 0 Å². The minimum atomic E-state index is -0.769. The van der Waals surface area contributed by atoms with E-state index in [1.807, 2.05) is 127 Å². The third kappa shape index (κ3) is 12.4. The van der Waals surface area contributed by atoms with Crippen LogP contribution >= 0.6 is 0 Å². The molecule has 96 heavy (non-hydrogen) atoms. The topological polar surface area (TPSA) is 301 Å². The number of anilines is 9. The zero-order chi connectivity index (χ0) is 70.4. The Bertz CT molecular complexity index is 4840. The number of hydrogen-bond acceptors (Lipinski definition) is 18.